The van der Waals surface area contributed by atoms with Gasteiger partial charge in [-0.3, -0.25) is 0 Å². The predicted molar refractivity (Wildman–Crippen MR) is 82.3 cm³/mol. The number of aryl methyl sites for hydroxylation is 1. The molecular weight excluding hydrogens is 291 g/mol. The molecule has 0 amide bonds. The molecule has 2 unspecified atom stereocenters. The van der Waals surface area contributed by atoms with Gasteiger partial charge in [-0.05, 0) is 44.7 Å². The Hall–Kier alpha value is -1.13. The Bertz CT molecular complexity index is 647. The number of imidazole rings is 1. The smallest absolute Gasteiger partial charge is 0.128 e. The lowest BCUT2D eigenvalue weighted by Gasteiger charge is -2.24. The molecule has 2 heterocycles. The first-order valence-electron chi connectivity index (χ1n) is 7.48. The van der Waals surface area contributed by atoms with Gasteiger partial charge in [0.25, 0.3) is 0 Å². The lowest BCUT2D eigenvalue weighted by Crippen LogP contribution is -2.25. The molecule has 2 aromatic rings. The van der Waals surface area contributed by atoms with Gasteiger partial charge in [0.2, 0.25) is 0 Å². The number of alkyl halides is 1. The molecule has 5 heteroatoms. The molecule has 3 rings (SSSR count). The van der Waals surface area contributed by atoms with Crippen molar-refractivity contribution in [3.8, 4) is 0 Å². The highest BCUT2D eigenvalue weighted by molar-refractivity contribution is 6.20. The van der Waals surface area contributed by atoms with Crippen LogP contribution in [0.15, 0.2) is 12.1 Å². The summed E-state index contributed by atoms with van der Waals surface area (Å²) in [6.45, 7) is 5.21. The SMILES string of the molecule is Cc1cc2c(cc1F)nc(C(C)Cl)n2CC1CCCCO1. The Kier molecular flexibility index (Phi) is 4.18. The molecule has 1 aliphatic rings. The molecule has 1 aliphatic heterocycles. The second-order valence-corrected chi connectivity index (χ2v) is 6.43. The van der Waals surface area contributed by atoms with E-state index in [1.165, 1.54) is 12.5 Å². The fourth-order valence-electron chi connectivity index (χ4n) is 2.92. The van der Waals surface area contributed by atoms with E-state index in [0.29, 0.717) is 11.1 Å². The van der Waals surface area contributed by atoms with Gasteiger partial charge in [-0.2, -0.15) is 0 Å². The number of rotatable bonds is 3. The van der Waals surface area contributed by atoms with E-state index in [1.54, 1.807) is 6.92 Å². The average Bonchev–Trinajstić information content (AvgIpc) is 2.79. The first-order valence-corrected chi connectivity index (χ1v) is 7.92. The van der Waals surface area contributed by atoms with Crippen LogP contribution >= 0.6 is 11.6 Å². The van der Waals surface area contributed by atoms with E-state index >= 15 is 0 Å². The van der Waals surface area contributed by atoms with Gasteiger partial charge in [-0.1, -0.05) is 0 Å². The van der Waals surface area contributed by atoms with E-state index in [9.17, 15) is 4.39 Å². The number of aromatic nitrogens is 2. The fraction of sp³-hybridized carbons (Fsp3) is 0.562. The monoisotopic (exact) mass is 310 g/mol. The summed E-state index contributed by atoms with van der Waals surface area (Å²) in [5, 5.41) is -0.218. The third-order valence-corrected chi connectivity index (χ3v) is 4.27. The molecule has 0 N–H and O–H groups in total. The van der Waals surface area contributed by atoms with Crippen LogP contribution in [0.2, 0.25) is 0 Å². The van der Waals surface area contributed by atoms with Crippen molar-refractivity contribution < 1.29 is 9.13 Å². The first kappa shape index (κ1) is 14.8. The van der Waals surface area contributed by atoms with E-state index in [1.807, 2.05) is 13.0 Å². The summed E-state index contributed by atoms with van der Waals surface area (Å²) in [4.78, 5) is 4.52. The molecule has 21 heavy (non-hydrogen) atoms. The summed E-state index contributed by atoms with van der Waals surface area (Å²) in [5.41, 5.74) is 2.23. The summed E-state index contributed by atoms with van der Waals surface area (Å²) in [7, 11) is 0. The van der Waals surface area contributed by atoms with Crippen molar-refractivity contribution in [1.82, 2.24) is 9.55 Å². The maximum atomic E-state index is 13.7. The highest BCUT2D eigenvalue weighted by Crippen LogP contribution is 2.28. The minimum absolute atomic E-state index is 0.190. The van der Waals surface area contributed by atoms with Gasteiger partial charge in [0, 0.05) is 12.7 Å². The lowest BCUT2D eigenvalue weighted by molar-refractivity contribution is 0.00618. The molecule has 2 atom stereocenters. The van der Waals surface area contributed by atoms with Crippen LogP contribution in [0.1, 0.15) is 43.0 Å². The summed E-state index contributed by atoms with van der Waals surface area (Å²) < 4.78 is 21.7. The molecule has 0 saturated carbocycles. The van der Waals surface area contributed by atoms with Crippen molar-refractivity contribution in [2.24, 2.45) is 0 Å². The quantitative estimate of drug-likeness (QED) is 0.788. The normalized spacial score (nSPS) is 20.9. The zero-order valence-electron chi connectivity index (χ0n) is 12.4. The van der Waals surface area contributed by atoms with Crippen LogP contribution in [-0.4, -0.2) is 22.3 Å². The summed E-state index contributed by atoms with van der Waals surface area (Å²) >= 11 is 6.26. The van der Waals surface area contributed by atoms with Crippen LogP contribution in [0, 0.1) is 12.7 Å². The highest BCUT2D eigenvalue weighted by atomic mass is 35.5. The molecule has 3 nitrogen and oxygen atoms in total. The van der Waals surface area contributed by atoms with Gasteiger partial charge < -0.3 is 9.30 Å². The van der Waals surface area contributed by atoms with Gasteiger partial charge in [0.15, 0.2) is 0 Å². The molecule has 0 spiro atoms. The van der Waals surface area contributed by atoms with Crippen molar-refractivity contribution in [1.29, 1.82) is 0 Å². The van der Waals surface area contributed by atoms with Crippen LogP contribution in [0.4, 0.5) is 4.39 Å². The first-order chi connectivity index (χ1) is 10.1. The van der Waals surface area contributed by atoms with Gasteiger partial charge in [0.05, 0.1) is 29.1 Å². The van der Waals surface area contributed by atoms with E-state index in [0.717, 1.165) is 37.3 Å². The molecule has 0 bridgehead atoms. The third-order valence-electron chi connectivity index (χ3n) is 4.07. The summed E-state index contributed by atoms with van der Waals surface area (Å²) in [5.74, 6) is 0.556. The van der Waals surface area contributed by atoms with E-state index in [2.05, 4.69) is 9.55 Å². The molecule has 1 fully saturated rings. The molecule has 0 radical (unpaired) electrons. The van der Waals surface area contributed by atoms with Gasteiger partial charge >= 0.3 is 0 Å². The highest BCUT2D eigenvalue weighted by Gasteiger charge is 2.21. The second-order valence-electron chi connectivity index (χ2n) is 5.78. The predicted octanol–water partition coefficient (Wildman–Crippen LogP) is 4.35. The third kappa shape index (κ3) is 2.92. The maximum absolute atomic E-state index is 13.7. The maximum Gasteiger partial charge on any atom is 0.128 e. The number of hydrogen-bond donors (Lipinski definition) is 0. The van der Waals surface area contributed by atoms with Gasteiger partial charge in [-0.25, -0.2) is 9.37 Å². The number of ether oxygens (including phenoxy) is 1. The molecule has 0 aliphatic carbocycles. The van der Waals surface area contributed by atoms with Crippen molar-refractivity contribution in [2.45, 2.75) is 51.1 Å². The molecular formula is C16H20ClFN2O. The zero-order chi connectivity index (χ0) is 15.0. The minimum Gasteiger partial charge on any atom is -0.376 e. The zero-order valence-corrected chi connectivity index (χ0v) is 13.2. The van der Waals surface area contributed by atoms with Crippen LogP contribution in [0.5, 0.6) is 0 Å². The van der Waals surface area contributed by atoms with Crippen LogP contribution in [-0.2, 0) is 11.3 Å². The lowest BCUT2D eigenvalue weighted by atomic mass is 10.1. The number of halogens is 2. The second kappa shape index (κ2) is 5.93. The van der Waals surface area contributed by atoms with E-state index < -0.39 is 0 Å². The van der Waals surface area contributed by atoms with Crippen LogP contribution in [0.3, 0.4) is 0 Å². The fourth-order valence-corrected chi connectivity index (χ4v) is 3.09. The van der Waals surface area contributed by atoms with Crippen molar-refractivity contribution in [3.05, 3.63) is 29.3 Å². The molecule has 114 valence electrons. The number of hydrogen-bond acceptors (Lipinski definition) is 2. The van der Waals surface area contributed by atoms with E-state index in [4.69, 9.17) is 16.3 Å². The number of benzene rings is 1. The Labute approximate surface area is 129 Å². The van der Waals surface area contributed by atoms with Gasteiger partial charge in [0.1, 0.15) is 11.6 Å². The minimum atomic E-state index is -0.227. The number of nitrogens with zero attached hydrogens (tertiary/aromatic N) is 2. The summed E-state index contributed by atoms with van der Waals surface area (Å²) in [6, 6.07) is 3.34. The summed E-state index contributed by atoms with van der Waals surface area (Å²) in [6.07, 6.45) is 3.56. The van der Waals surface area contributed by atoms with Crippen molar-refractivity contribution in [2.75, 3.05) is 6.61 Å². The molecule has 1 aromatic carbocycles. The topological polar surface area (TPSA) is 27.1 Å². The number of fused-ring (bicyclic) bond motifs is 1. The molecule has 1 saturated heterocycles. The Balaban J connectivity index is 2.04. The Morgan fingerprint density at radius 3 is 2.95 bits per heavy atom. The van der Waals surface area contributed by atoms with Crippen LogP contribution < -0.4 is 0 Å². The molecule has 1 aromatic heterocycles. The van der Waals surface area contributed by atoms with Crippen molar-refractivity contribution >= 4 is 22.6 Å². The average molecular weight is 311 g/mol. The van der Waals surface area contributed by atoms with E-state index in [-0.39, 0.29) is 17.3 Å². The Morgan fingerprint density at radius 1 is 1.48 bits per heavy atom. The largest absolute Gasteiger partial charge is 0.376 e. The Morgan fingerprint density at radius 2 is 2.29 bits per heavy atom. The standard InChI is InChI=1S/C16H20ClFN2O/c1-10-7-15-14(8-13(10)18)19-16(11(2)17)20(15)9-12-5-3-4-6-21-12/h7-8,11-12H,3-6,9H2,1-2H3. The van der Waals surface area contributed by atoms with Gasteiger partial charge in [-0.15, -0.1) is 11.6 Å². The van der Waals surface area contributed by atoms with Crippen molar-refractivity contribution in [3.63, 3.8) is 0 Å². The van der Waals surface area contributed by atoms with Crippen LogP contribution in [0.25, 0.3) is 11.0 Å².